The fourth-order valence-corrected chi connectivity index (χ4v) is 2.78. The molecule has 6 heteroatoms. The zero-order valence-electron chi connectivity index (χ0n) is 11.0. The van der Waals surface area contributed by atoms with E-state index in [0.717, 1.165) is 22.2 Å². The van der Waals surface area contributed by atoms with Crippen LogP contribution in [0.1, 0.15) is 0 Å². The van der Waals surface area contributed by atoms with Gasteiger partial charge in [-0.3, -0.25) is 0 Å². The van der Waals surface area contributed by atoms with E-state index in [-0.39, 0.29) is 0 Å². The fourth-order valence-electron chi connectivity index (χ4n) is 1.62. The number of halogens is 1. The van der Waals surface area contributed by atoms with Crippen LogP contribution in [-0.2, 0) is 11.5 Å². The first-order valence-electron chi connectivity index (χ1n) is 6.00. The first kappa shape index (κ1) is 13.7. The quantitative estimate of drug-likeness (QED) is 0.479. The summed E-state index contributed by atoms with van der Waals surface area (Å²) >= 11 is 3.42. The molecule has 0 unspecified atom stereocenters. The maximum Gasteiger partial charge on any atom is 0.146 e. The molecule has 2 heterocycles. The molecule has 0 fully saturated rings. The molecule has 2 aromatic heterocycles. The van der Waals surface area contributed by atoms with Gasteiger partial charge in [0, 0.05) is 20.9 Å². The number of nitrogens with zero attached hydrogens (tertiary/aromatic N) is 3. The van der Waals surface area contributed by atoms with Crippen LogP contribution in [0.15, 0.2) is 23.2 Å². The van der Waals surface area contributed by atoms with Crippen molar-refractivity contribution in [3.05, 3.63) is 23.2 Å². The molecule has 18 heavy (non-hydrogen) atoms. The highest BCUT2D eigenvalue weighted by atomic mass is 79.9. The highest BCUT2D eigenvalue weighted by Gasteiger charge is 2.12. The maximum absolute atomic E-state index is 5.72. The fraction of sp³-hybridized carbons (Fsp3) is 0.500. The topological polar surface area (TPSA) is 39.9 Å². The number of hydrogen-bond acceptors (Lipinski definition) is 3. The normalized spacial score (nSPS) is 12.2. The van der Waals surface area contributed by atoms with Gasteiger partial charge in [-0.1, -0.05) is 19.6 Å². The van der Waals surface area contributed by atoms with E-state index in [1.165, 1.54) is 6.04 Å². The first-order valence-corrected chi connectivity index (χ1v) is 10.5. The van der Waals surface area contributed by atoms with E-state index in [2.05, 4.69) is 45.5 Å². The maximum atomic E-state index is 5.72. The largest absolute Gasteiger partial charge is 0.361 e. The average Bonchev–Trinajstić information content (AvgIpc) is 2.68. The summed E-state index contributed by atoms with van der Waals surface area (Å²) in [6.45, 7) is 8.43. The van der Waals surface area contributed by atoms with E-state index in [9.17, 15) is 0 Å². The van der Waals surface area contributed by atoms with Gasteiger partial charge in [-0.25, -0.2) is 9.97 Å². The van der Waals surface area contributed by atoms with Gasteiger partial charge >= 0.3 is 0 Å². The molecule has 0 amide bonds. The summed E-state index contributed by atoms with van der Waals surface area (Å²) in [6, 6.07) is 3.19. The van der Waals surface area contributed by atoms with Crippen molar-refractivity contribution in [2.75, 3.05) is 6.61 Å². The predicted molar refractivity (Wildman–Crippen MR) is 79.3 cm³/mol. The van der Waals surface area contributed by atoms with Gasteiger partial charge in [-0.05, 0) is 28.0 Å². The number of aromatic nitrogens is 3. The number of fused-ring (bicyclic) bond motifs is 1. The highest BCUT2D eigenvalue weighted by molar-refractivity contribution is 9.10. The third-order valence-corrected chi connectivity index (χ3v) is 5.07. The summed E-state index contributed by atoms with van der Waals surface area (Å²) in [5.74, 6) is 0. The Kier molecular flexibility index (Phi) is 4.19. The Balaban J connectivity index is 1.98. The molecular formula is C12H18BrN3OSi. The molecule has 0 radical (unpaired) electrons. The lowest BCUT2D eigenvalue weighted by molar-refractivity contribution is 0.0899. The van der Waals surface area contributed by atoms with Crippen LogP contribution in [0.4, 0.5) is 0 Å². The second-order valence-corrected chi connectivity index (χ2v) is 11.9. The summed E-state index contributed by atoms with van der Waals surface area (Å²) in [5.41, 5.74) is 0.907. The SMILES string of the molecule is C[Si](C)(C)CCOCn1ccc2c(Br)ncnc21. The molecule has 2 aromatic rings. The molecule has 0 aromatic carbocycles. The van der Waals surface area contributed by atoms with E-state index >= 15 is 0 Å². The van der Waals surface area contributed by atoms with Crippen molar-refractivity contribution in [1.82, 2.24) is 14.5 Å². The molecule has 0 saturated heterocycles. The van der Waals surface area contributed by atoms with Gasteiger partial charge in [-0.2, -0.15) is 0 Å². The average molecular weight is 328 g/mol. The molecule has 0 bridgehead atoms. The van der Waals surface area contributed by atoms with Crippen LogP contribution >= 0.6 is 15.9 Å². The molecule has 0 aliphatic rings. The molecule has 4 nitrogen and oxygen atoms in total. The zero-order valence-corrected chi connectivity index (χ0v) is 13.6. The van der Waals surface area contributed by atoms with Crippen molar-refractivity contribution in [2.45, 2.75) is 32.4 Å². The van der Waals surface area contributed by atoms with Gasteiger partial charge in [0.05, 0.1) is 5.39 Å². The Bertz CT molecular complexity index is 536. The van der Waals surface area contributed by atoms with Crippen molar-refractivity contribution < 1.29 is 4.74 Å². The predicted octanol–water partition coefficient (Wildman–Crippen LogP) is 3.51. The van der Waals surface area contributed by atoms with Gasteiger partial charge < -0.3 is 9.30 Å². The summed E-state index contributed by atoms with van der Waals surface area (Å²) in [6.07, 6.45) is 3.55. The lowest BCUT2D eigenvalue weighted by atomic mass is 10.4. The summed E-state index contributed by atoms with van der Waals surface area (Å²) in [7, 11) is -1.01. The van der Waals surface area contributed by atoms with Crippen LogP contribution in [-0.4, -0.2) is 29.2 Å². The van der Waals surface area contributed by atoms with Crippen molar-refractivity contribution >= 4 is 35.0 Å². The van der Waals surface area contributed by atoms with Gasteiger partial charge in [0.1, 0.15) is 23.3 Å². The number of hydrogen-bond donors (Lipinski definition) is 0. The second kappa shape index (κ2) is 5.50. The van der Waals surface area contributed by atoms with E-state index in [1.54, 1.807) is 6.33 Å². The minimum atomic E-state index is -1.01. The van der Waals surface area contributed by atoms with Crippen LogP contribution in [0.3, 0.4) is 0 Å². The molecule has 0 spiro atoms. The molecule has 98 valence electrons. The van der Waals surface area contributed by atoms with Crippen LogP contribution in [0, 0.1) is 0 Å². The smallest absolute Gasteiger partial charge is 0.146 e. The highest BCUT2D eigenvalue weighted by Crippen LogP contribution is 2.20. The van der Waals surface area contributed by atoms with Gasteiger partial charge in [0.2, 0.25) is 0 Å². The van der Waals surface area contributed by atoms with E-state index in [0.29, 0.717) is 6.73 Å². The van der Waals surface area contributed by atoms with E-state index in [4.69, 9.17) is 4.74 Å². The Morgan fingerprint density at radius 1 is 1.33 bits per heavy atom. The molecule has 0 aliphatic heterocycles. The minimum absolute atomic E-state index is 0.553. The molecule has 0 N–H and O–H groups in total. The number of ether oxygens (including phenoxy) is 1. The minimum Gasteiger partial charge on any atom is -0.361 e. The zero-order chi connectivity index (χ0) is 13.2. The van der Waals surface area contributed by atoms with Crippen LogP contribution < -0.4 is 0 Å². The van der Waals surface area contributed by atoms with Gasteiger partial charge in [0.15, 0.2) is 0 Å². The van der Waals surface area contributed by atoms with Crippen molar-refractivity contribution in [3.63, 3.8) is 0 Å². The summed E-state index contributed by atoms with van der Waals surface area (Å²) in [4.78, 5) is 8.39. The van der Waals surface area contributed by atoms with Crippen molar-refractivity contribution in [3.8, 4) is 0 Å². The Morgan fingerprint density at radius 2 is 2.11 bits per heavy atom. The third kappa shape index (κ3) is 3.40. The molecular weight excluding hydrogens is 310 g/mol. The second-order valence-electron chi connectivity index (χ2n) is 5.54. The summed E-state index contributed by atoms with van der Waals surface area (Å²) < 4.78 is 8.56. The monoisotopic (exact) mass is 327 g/mol. The number of rotatable bonds is 5. The Morgan fingerprint density at radius 3 is 2.83 bits per heavy atom. The van der Waals surface area contributed by atoms with Crippen LogP contribution in [0.5, 0.6) is 0 Å². The first-order chi connectivity index (χ1) is 8.47. The van der Waals surface area contributed by atoms with Gasteiger partial charge in [-0.15, -0.1) is 0 Å². The standard InChI is InChI=1S/C12H18BrN3OSi/c1-18(2,3)7-6-17-9-16-5-4-10-11(13)14-8-15-12(10)16/h4-5,8H,6-7,9H2,1-3H3. The molecule has 0 aliphatic carbocycles. The van der Waals surface area contributed by atoms with Crippen LogP contribution in [0.2, 0.25) is 25.7 Å². The van der Waals surface area contributed by atoms with Crippen molar-refractivity contribution in [1.29, 1.82) is 0 Å². The van der Waals surface area contributed by atoms with Crippen LogP contribution in [0.25, 0.3) is 11.0 Å². The van der Waals surface area contributed by atoms with E-state index in [1.807, 2.05) is 16.8 Å². The molecule has 0 saturated carbocycles. The molecule has 2 rings (SSSR count). The molecule has 0 atom stereocenters. The van der Waals surface area contributed by atoms with Crippen molar-refractivity contribution in [2.24, 2.45) is 0 Å². The summed E-state index contributed by atoms with van der Waals surface area (Å²) in [5, 5.41) is 1.02. The lowest BCUT2D eigenvalue weighted by Gasteiger charge is -2.15. The third-order valence-electron chi connectivity index (χ3n) is 2.73. The lowest BCUT2D eigenvalue weighted by Crippen LogP contribution is -2.22. The van der Waals surface area contributed by atoms with Gasteiger partial charge in [0.25, 0.3) is 0 Å². The Hall–Kier alpha value is -0.723. The van der Waals surface area contributed by atoms with E-state index < -0.39 is 8.07 Å². The Labute approximate surface area is 117 Å².